The average Bonchev–Trinajstić information content (AvgIpc) is 2.81. The lowest BCUT2D eigenvalue weighted by atomic mass is 9.77. The number of hydrogen-bond donors (Lipinski definition) is 0. The Morgan fingerprint density at radius 2 is 1.69 bits per heavy atom. The molecular formula is C22H33BFNO4. The number of nitrogens with zero attached hydrogens (tertiary/aromatic N) is 1. The van der Waals surface area contributed by atoms with Gasteiger partial charge in [0.25, 0.3) is 0 Å². The van der Waals surface area contributed by atoms with Gasteiger partial charge in [-0.1, -0.05) is 12.1 Å². The van der Waals surface area contributed by atoms with E-state index < -0.39 is 23.9 Å². The highest BCUT2D eigenvalue weighted by Gasteiger charge is 2.52. The summed E-state index contributed by atoms with van der Waals surface area (Å²) in [6.07, 6.45) is 1.29. The second-order valence-electron chi connectivity index (χ2n) is 10.1. The fourth-order valence-corrected chi connectivity index (χ4v) is 3.68. The van der Waals surface area contributed by atoms with Crippen molar-refractivity contribution in [2.45, 2.75) is 84.0 Å². The molecular weight excluding hydrogens is 372 g/mol. The predicted octanol–water partition coefficient (Wildman–Crippen LogP) is 4.24. The zero-order chi connectivity index (χ0) is 21.6. The van der Waals surface area contributed by atoms with Crippen molar-refractivity contribution in [3.05, 3.63) is 29.6 Å². The SMILES string of the molecule is CC(C)(C)OC(=O)N1CCC(c2ccc(B3OC(C)(C)C(C)(C)O3)c(F)c2)CC1. The van der Waals surface area contributed by atoms with Crippen LogP contribution < -0.4 is 5.46 Å². The van der Waals surface area contributed by atoms with Crippen LogP contribution in [0, 0.1) is 5.82 Å². The monoisotopic (exact) mass is 405 g/mol. The second kappa shape index (κ2) is 7.58. The molecule has 1 aromatic rings. The zero-order valence-corrected chi connectivity index (χ0v) is 18.7. The third kappa shape index (κ3) is 4.77. The molecule has 0 radical (unpaired) electrons. The molecule has 3 rings (SSSR count). The van der Waals surface area contributed by atoms with E-state index in [-0.39, 0.29) is 17.8 Å². The van der Waals surface area contributed by atoms with E-state index in [0.717, 1.165) is 18.4 Å². The van der Waals surface area contributed by atoms with E-state index in [1.807, 2.05) is 54.5 Å². The van der Waals surface area contributed by atoms with E-state index >= 15 is 0 Å². The summed E-state index contributed by atoms with van der Waals surface area (Å²) >= 11 is 0. The fourth-order valence-electron chi connectivity index (χ4n) is 3.68. The lowest BCUT2D eigenvalue weighted by Crippen LogP contribution is -2.41. The molecule has 0 spiro atoms. The third-order valence-corrected chi connectivity index (χ3v) is 6.15. The Morgan fingerprint density at radius 1 is 1.14 bits per heavy atom. The Bertz CT molecular complexity index is 751. The molecule has 1 aromatic carbocycles. The zero-order valence-electron chi connectivity index (χ0n) is 18.7. The highest BCUT2D eigenvalue weighted by atomic mass is 19.1. The van der Waals surface area contributed by atoms with Crippen molar-refractivity contribution < 1.29 is 23.2 Å². The van der Waals surface area contributed by atoms with Crippen LogP contribution in [0.1, 0.15) is 72.8 Å². The van der Waals surface area contributed by atoms with Crippen molar-refractivity contribution in [3.63, 3.8) is 0 Å². The molecule has 2 aliphatic heterocycles. The Morgan fingerprint density at radius 3 is 2.17 bits per heavy atom. The van der Waals surface area contributed by atoms with Gasteiger partial charge in [0, 0.05) is 18.6 Å². The minimum atomic E-state index is -0.705. The lowest BCUT2D eigenvalue weighted by Gasteiger charge is -2.33. The average molecular weight is 405 g/mol. The first-order valence-electron chi connectivity index (χ1n) is 10.4. The van der Waals surface area contributed by atoms with Crippen molar-refractivity contribution in [1.82, 2.24) is 4.90 Å². The number of hydrogen-bond acceptors (Lipinski definition) is 4. The molecule has 0 atom stereocenters. The van der Waals surface area contributed by atoms with Crippen molar-refractivity contribution >= 4 is 18.7 Å². The Hall–Kier alpha value is -1.60. The predicted molar refractivity (Wildman–Crippen MR) is 112 cm³/mol. The van der Waals surface area contributed by atoms with E-state index in [2.05, 4.69) is 0 Å². The number of halogens is 1. The number of rotatable bonds is 2. The van der Waals surface area contributed by atoms with Gasteiger partial charge in [0.15, 0.2) is 0 Å². The molecule has 2 fully saturated rings. The summed E-state index contributed by atoms with van der Waals surface area (Å²) in [4.78, 5) is 14.0. The number of benzene rings is 1. The summed E-state index contributed by atoms with van der Waals surface area (Å²) in [5, 5.41) is 0. The Labute approximate surface area is 174 Å². The number of ether oxygens (including phenoxy) is 1. The minimum absolute atomic E-state index is 0.218. The van der Waals surface area contributed by atoms with Crippen LogP contribution in [0.25, 0.3) is 0 Å². The molecule has 29 heavy (non-hydrogen) atoms. The molecule has 2 saturated heterocycles. The van der Waals surface area contributed by atoms with Crippen molar-refractivity contribution in [1.29, 1.82) is 0 Å². The van der Waals surface area contributed by atoms with Gasteiger partial charge in [0.1, 0.15) is 11.4 Å². The number of carbonyl (C=O) groups excluding carboxylic acids is 1. The molecule has 1 amide bonds. The van der Waals surface area contributed by atoms with Gasteiger partial charge in [-0.2, -0.15) is 0 Å². The molecule has 2 aliphatic rings. The fraction of sp³-hybridized carbons (Fsp3) is 0.682. The van der Waals surface area contributed by atoms with E-state index in [9.17, 15) is 9.18 Å². The van der Waals surface area contributed by atoms with Gasteiger partial charge in [0.2, 0.25) is 0 Å². The van der Waals surface area contributed by atoms with Crippen LogP contribution in [0.3, 0.4) is 0 Å². The van der Waals surface area contributed by atoms with Gasteiger partial charge in [-0.15, -0.1) is 0 Å². The van der Waals surface area contributed by atoms with Gasteiger partial charge in [-0.3, -0.25) is 0 Å². The number of piperidine rings is 1. The van der Waals surface area contributed by atoms with Crippen LogP contribution in [-0.2, 0) is 14.0 Å². The van der Waals surface area contributed by atoms with E-state index in [0.29, 0.717) is 18.6 Å². The Balaban J connectivity index is 1.64. The normalized spacial score (nSPS) is 22.1. The van der Waals surface area contributed by atoms with Crippen LogP contribution in [0.4, 0.5) is 9.18 Å². The van der Waals surface area contributed by atoms with Crippen LogP contribution in [0.2, 0.25) is 0 Å². The maximum absolute atomic E-state index is 14.9. The molecule has 2 heterocycles. The molecule has 7 heteroatoms. The summed E-state index contributed by atoms with van der Waals surface area (Å²) in [7, 11) is -0.705. The number of carbonyl (C=O) groups is 1. The van der Waals surface area contributed by atoms with Crippen LogP contribution in [-0.4, -0.2) is 48.0 Å². The summed E-state index contributed by atoms with van der Waals surface area (Å²) in [6.45, 7) is 14.6. The molecule has 0 unspecified atom stereocenters. The third-order valence-electron chi connectivity index (χ3n) is 6.15. The molecule has 0 bridgehead atoms. The first-order valence-corrected chi connectivity index (χ1v) is 10.4. The minimum Gasteiger partial charge on any atom is -0.444 e. The smallest absolute Gasteiger partial charge is 0.444 e. The van der Waals surface area contributed by atoms with E-state index in [4.69, 9.17) is 14.0 Å². The molecule has 160 valence electrons. The first kappa shape index (κ1) is 22.1. The highest BCUT2D eigenvalue weighted by molar-refractivity contribution is 6.62. The summed E-state index contributed by atoms with van der Waals surface area (Å²) in [5.74, 6) is -0.0916. The van der Waals surface area contributed by atoms with Gasteiger partial charge in [0.05, 0.1) is 11.2 Å². The largest absolute Gasteiger partial charge is 0.497 e. The number of amides is 1. The molecule has 5 nitrogen and oxygen atoms in total. The van der Waals surface area contributed by atoms with Gasteiger partial charge in [-0.05, 0) is 78.9 Å². The molecule has 0 N–H and O–H groups in total. The van der Waals surface area contributed by atoms with Crippen molar-refractivity contribution in [3.8, 4) is 0 Å². The summed E-state index contributed by atoms with van der Waals surface area (Å²) < 4.78 is 32.3. The number of likely N-dealkylation sites (tertiary alicyclic amines) is 1. The van der Waals surface area contributed by atoms with Crippen molar-refractivity contribution in [2.75, 3.05) is 13.1 Å². The van der Waals surface area contributed by atoms with Gasteiger partial charge >= 0.3 is 13.2 Å². The first-order chi connectivity index (χ1) is 13.3. The van der Waals surface area contributed by atoms with E-state index in [1.54, 1.807) is 17.0 Å². The summed E-state index contributed by atoms with van der Waals surface area (Å²) in [5.41, 5.74) is -0.125. The van der Waals surface area contributed by atoms with Crippen molar-refractivity contribution in [2.24, 2.45) is 0 Å². The molecule has 0 saturated carbocycles. The van der Waals surface area contributed by atoms with Crippen LogP contribution in [0.5, 0.6) is 0 Å². The quantitative estimate of drug-likeness (QED) is 0.691. The van der Waals surface area contributed by atoms with Crippen LogP contribution in [0.15, 0.2) is 18.2 Å². The maximum Gasteiger partial charge on any atom is 0.497 e. The van der Waals surface area contributed by atoms with Gasteiger partial charge < -0.3 is 18.9 Å². The molecule has 0 aliphatic carbocycles. The van der Waals surface area contributed by atoms with E-state index in [1.165, 1.54) is 0 Å². The Kier molecular flexibility index (Phi) is 5.78. The second-order valence-corrected chi connectivity index (χ2v) is 10.1. The highest BCUT2D eigenvalue weighted by Crippen LogP contribution is 2.37. The lowest BCUT2D eigenvalue weighted by molar-refractivity contribution is 0.00578. The van der Waals surface area contributed by atoms with Gasteiger partial charge in [-0.25, -0.2) is 9.18 Å². The maximum atomic E-state index is 14.9. The molecule has 0 aromatic heterocycles. The van der Waals surface area contributed by atoms with Crippen LogP contribution >= 0.6 is 0 Å². The summed E-state index contributed by atoms with van der Waals surface area (Å²) in [6, 6.07) is 5.32. The standard InChI is InChI=1S/C22H33BFNO4/c1-20(2,3)27-19(26)25-12-10-15(11-13-25)16-8-9-17(18(24)14-16)23-28-21(4,5)22(6,7)29-23/h8-9,14-15H,10-13H2,1-7H3. The topological polar surface area (TPSA) is 48.0 Å².